The second-order valence-electron chi connectivity index (χ2n) is 8.97. The smallest absolute Gasteiger partial charge is 0.253 e. The maximum absolute atomic E-state index is 13.1. The van der Waals surface area contributed by atoms with E-state index in [1.54, 1.807) is 0 Å². The van der Waals surface area contributed by atoms with Crippen LogP contribution in [0.3, 0.4) is 0 Å². The number of hydrogen-bond donors (Lipinski definition) is 2. The molecule has 3 N–H and O–H groups in total. The van der Waals surface area contributed by atoms with Crippen LogP contribution in [0.4, 0.5) is 0 Å². The van der Waals surface area contributed by atoms with Crippen molar-refractivity contribution in [3.8, 4) is 11.5 Å². The molecule has 1 saturated heterocycles. The van der Waals surface area contributed by atoms with Crippen molar-refractivity contribution in [2.24, 2.45) is 5.73 Å². The number of aromatic nitrogens is 3. The predicted octanol–water partition coefficient (Wildman–Crippen LogP) is 3.17. The number of nitrogens with two attached hydrogens (primary N) is 1. The Bertz CT molecular complexity index is 1320. The molecule has 4 heterocycles. The van der Waals surface area contributed by atoms with E-state index in [1.807, 2.05) is 17.0 Å². The number of para-hydroxylation sites is 1. The lowest BCUT2D eigenvalue weighted by Gasteiger charge is -2.30. The fourth-order valence-electron chi connectivity index (χ4n) is 5.18. The first-order valence-electron chi connectivity index (χ1n) is 11.5. The number of carbonyl (C=O) groups excluding carboxylic acids is 1. The molecule has 0 aliphatic carbocycles. The van der Waals surface area contributed by atoms with E-state index in [1.165, 1.54) is 10.9 Å². The normalized spacial score (nSPS) is 19.3. The van der Waals surface area contributed by atoms with Crippen molar-refractivity contribution in [3.05, 3.63) is 54.1 Å². The van der Waals surface area contributed by atoms with Crippen molar-refractivity contribution in [2.45, 2.75) is 38.5 Å². The van der Waals surface area contributed by atoms with Gasteiger partial charge in [0.25, 0.3) is 5.91 Å². The first-order chi connectivity index (χ1) is 15.7. The summed E-state index contributed by atoms with van der Waals surface area (Å²) in [5, 5.41) is 4.77. The van der Waals surface area contributed by atoms with E-state index in [4.69, 9.17) is 10.7 Å². The predicted molar refractivity (Wildman–Crippen MR) is 126 cm³/mol. The molecule has 2 aliphatic heterocycles. The minimum atomic E-state index is 0.0533. The number of nitrogens with one attached hydrogen (secondary N) is 1. The Balaban J connectivity index is 1.47. The van der Waals surface area contributed by atoms with Crippen LogP contribution in [0.25, 0.3) is 33.5 Å². The Morgan fingerprint density at radius 3 is 2.84 bits per heavy atom. The minimum absolute atomic E-state index is 0.0533. The molecule has 4 aromatic rings. The van der Waals surface area contributed by atoms with E-state index >= 15 is 0 Å². The summed E-state index contributed by atoms with van der Waals surface area (Å²) in [5.41, 5.74) is 11.0. The van der Waals surface area contributed by atoms with Gasteiger partial charge in [-0.25, -0.2) is 4.98 Å². The monoisotopic (exact) mass is 428 g/mol. The highest BCUT2D eigenvalue weighted by Gasteiger charge is 2.24. The van der Waals surface area contributed by atoms with Crippen molar-refractivity contribution in [1.82, 2.24) is 24.3 Å². The molecule has 0 radical (unpaired) electrons. The molecule has 2 aromatic heterocycles. The summed E-state index contributed by atoms with van der Waals surface area (Å²) in [5.74, 6) is 1.02. The maximum atomic E-state index is 13.1. The second-order valence-corrected chi connectivity index (χ2v) is 8.97. The van der Waals surface area contributed by atoms with Gasteiger partial charge in [0.1, 0.15) is 0 Å². The topological polar surface area (TPSA) is 81.1 Å². The molecule has 1 atom stereocenters. The van der Waals surface area contributed by atoms with E-state index < -0.39 is 0 Å². The number of amides is 1. The van der Waals surface area contributed by atoms with Crippen molar-refractivity contribution >= 4 is 27.8 Å². The quantitative estimate of drug-likeness (QED) is 0.488. The molecule has 7 nitrogen and oxygen atoms in total. The highest BCUT2D eigenvalue weighted by Crippen LogP contribution is 2.31. The zero-order valence-corrected chi connectivity index (χ0v) is 18.1. The van der Waals surface area contributed by atoms with Crippen LogP contribution in [-0.4, -0.2) is 50.6 Å². The summed E-state index contributed by atoms with van der Waals surface area (Å²) in [6, 6.07) is 16.7. The molecule has 6 rings (SSSR count). The number of aryl methyl sites for hydroxylation is 1. The molecule has 0 saturated carbocycles. The number of nitrogens with zero attached hydrogens (tertiary/aromatic N) is 4. The van der Waals surface area contributed by atoms with Crippen molar-refractivity contribution in [3.63, 3.8) is 0 Å². The molecular weight excluding hydrogens is 400 g/mol. The van der Waals surface area contributed by atoms with Gasteiger partial charge in [-0.1, -0.05) is 18.2 Å². The lowest BCUT2D eigenvalue weighted by atomic mass is 10.1. The Morgan fingerprint density at radius 1 is 1.03 bits per heavy atom. The standard InChI is InChI=1S/C25H28N6O/c26-19-6-3-11-29(15-19)25(32)18-8-9-22-20(13-18)28-24-23-14-17-5-1-2-7-21(17)31(23)16-27-10-4-12-30(22)24/h1-2,5,7-9,13-14,19,27H,3-4,6,10-12,15-16,26H2. The fraction of sp³-hybridized carbons (Fsp3) is 0.360. The molecule has 7 heteroatoms. The van der Waals surface area contributed by atoms with Gasteiger partial charge in [-0.2, -0.15) is 0 Å². The average molecular weight is 429 g/mol. The van der Waals surface area contributed by atoms with Crippen LogP contribution in [0.5, 0.6) is 0 Å². The Labute approximate surface area is 186 Å². The molecule has 0 bridgehead atoms. The number of piperidine rings is 1. The number of fused-ring (bicyclic) bond motifs is 7. The van der Waals surface area contributed by atoms with Crippen LogP contribution in [-0.2, 0) is 13.2 Å². The number of rotatable bonds is 1. The second kappa shape index (κ2) is 7.76. The molecule has 2 aromatic carbocycles. The number of hydrogen-bond acceptors (Lipinski definition) is 4. The Hall–Kier alpha value is -3.16. The van der Waals surface area contributed by atoms with Gasteiger partial charge >= 0.3 is 0 Å². The van der Waals surface area contributed by atoms with Crippen LogP contribution in [0.1, 0.15) is 29.6 Å². The summed E-state index contributed by atoms with van der Waals surface area (Å²) < 4.78 is 4.61. The number of likely N-dealkylation sites (tertiary alicyclic amines) is 1. The lowest BCUT2D eigenvalue weighted by Crippen LogP contribution is -2.45. The van der Waals surface area contributed by atoms with Gasteiger partial charge in [0.05, 0.1) is 23.4 Å². The number of carbonyl (C=O) groups is 1. The van der Waals surface area contributed by atoms with Crippen molar-refractivity contribution in [1.29, 1.82) is 0 Å². The van der Waals surface area contributed by atoms with Crippen LogP contribution in [0, 0.1) is 0 Å². The molecular formula is C25H28N6O. The lowest BCUT2D eigenvalue weighted by molar-refractivity contribution is 0.0709. The molecule has 1 unspecified atom stereocenters. The van der Waals surface area contributed by atoms with E-state index in [-0.39, 0.29) is 11.9 Å². The van der Waals surface area contributed by atoms with Crippen LogP contribution in [0.2, 0.25) is 0 Å². The van der Waals surface area contributed by atoms with Gasteiger partial charge in [0.15, 0.2) is 5.82 Å². The van der Waals surface area contributed by atoms with Crippen LogP contribution < -0.4 is 11.1 Å². The largest absolute Gasteiger partial charge is 0.337 e. The first-order valence-corrected chi connectivity index (χ1v) is 11.5. The van der Waals surface area contributed by atoms with Gasteiger partial charge < -0.3 is 19.8 Å². The Kier molecular flexibility index (Phi) is 4.73. The van der Waals surface area contributed by atoms with Gasteiger partial charge in [-0.15, -0.1) is 0 Å². The highest BCUT2D eigenvalue weighted by molar-refractivity contribution is 5.98. The summed E-state index contributed by atoms with van der Waals surface area (Å²) >= 11 is 0. The van der Waals surface area contributed by atoms with Gasteiger partial charge in [0, 0.05) is 42.1 Å². The van der Waals surface area contributed by atoms with Crippen molar-refractivity contribution < 1.29 is 4.79 Å². The number of imidazole rings is 1. The molecule has 32 heavy (non-hydrogen) atoms. The Morgan fingerprint density at radius 2 is 1.94 bits per heavy atom. The van der Waals surface area contributed by atoms with Crippen LogP contribution in [0.15, 0.2) is 48.5 Å². The third-order valence-electron chi connectivity index (χ3n) is 6.79. The molecule has 1 fully saturated rings. The van der Waals surface area contributed by atoms with E-state index in [9.17, 15) is 4.79 Å². The minimum Gasteiger partial charge on any atom is -0.337 e. The van der Waals surface area contributed by atoms with Gasteiger partial charge in [0.2, 0.25) is 0 Å². The average Bonchev–Trinajstić information content (AvgIpc) is 3.37. The van der Waals surface area contributed by atoms with Gasteiger partial charge in [-0.3, -0.25) is 10.1 Å². The first kappa shape index (κ1) is 19.5. The zero-order valence-electron chi connectivity index (χ0n) is 18.1. The molecule has 164 valence electrons. The summed E-state index contributed by atoms with van der Waals surface area (Å²) in [6.07, 6.45) is 2.97. The van der Waals surface area contributed by atoms with Crippen molar-refractivity contribution in [2.75, 3.05) is 19.6 Å². The molecule has 0 spiro atoms. The molecule has 1 amide bonds. The van der Waals surface area contributed by atoms with E-state index in [0.29, 0.717) is 12.1 Å². The summed E-state index contributed by atoms with van der Waals surface area (Å²) in [7, 11) is 0. The van der Waals surface area contributed by atoms with Gasteiger partial charge in [-0.05, 0) is 56.1 Å². The zero-order chi connectivity index (χ0) is 21.7. The third kappa shape index (κ3) is 3.20. The highest BCUT2D eigenvalue weighted by atomic mass is 16.2. The maximum Gasteiger partial charge on any atom is 0.253 e. The fourth-order valence-corrected chi connectivity index (χ4v) is 5.18. The number of benzene rings is 2. The molecule has 2 aliphatic rings. The summed E-state index contributed by atoms with van der Waals surface area (Å²) in [6.45, 7) is 3.98. The third-order valence-corrected chi connectivity index (χ3v) is 6.79. The van der Waals surface area contributed by atoms with Crippen LogP contribution >= 0.6 is 0 Å². The summed E-state index contributed by atoms with van der Waals surface area (Å²) in [4.78, 5) is 20.1. The van der Waals surface area contributed by atoms with E-state index in [2.05, 4.69) is 50.8 Å². The van der Waals surface area contributed by atoms with E-state index in [0.717, 1.165) is 68.1 Å². The SMILES string of the molecule is NC1CCCN(C(=O)c2ccc3c(c2)nc2n3CCCNCn3c-2cc2ccccc23)C1.